The molecule has 1 aromatic carbocycles. The molecule has 0 atom stereocenters. The van der Waals surface area contributed by atoms with Crippen LogP contribution in [0.15, 0.2) is 30.5 Å². The molecule has 20 heavy (non-hydrogen) atoms. The molecule has 6 heteroatoms. The Morgan fingerprint density at radius 2 is 1.90 bits per heavy atom. The van der Waals surface area contributed by atoms with E-state index in [0.29, 0.717) is 12.1 Å². The molecule has 0 saturated carbocycles. The van der Waals surface area contributed by atoms with E-state index < -0.39 is 11.7 Å². The normalized spacial score (nSPS) is 11.9. The molecule has 0 fully saturated rings. The quantitative estimate of drug-likeness (QED) is 0.802. The number of halogens is 3. The summed E-state index contributed by atoms with van der Waals surface area (Å²) in [5.74, 6) is 0.314. The second-order valence-corrected chi connectivity index (χ2v) is 4.68. The number of nitrogens with zero attached hydrogens (tertiary/aromatic N) is 2. The molecule has 2 aromatic rings. The summed E-state index contributed by atoms with van der Waals surface area (Å²) in [6, 6.07) is 5.24. The fraction of sp³-hybridized carbons (Fsp3) is 0.286. The van der Waals surface area contributed by atoms with Gasteiger partial charge in [-0.25, -0.2) is 4.98 Å². The molecule has 0 unspecified atom stereocenters. The number of carbonyl (C=O) groups excluding carboxylic acids is 1. The van der Waals surface area contributed by atoms with Gasteiger partial charge in [0.15, 0.2) is 6.29 Å². The number of aromatic nitrogens is 2. The molecule has 2 rings (SSSR count). The lowest BCUT2D eigenvalue weighted by Gasteiger charge is -2.16. The van der Waals surface area contributed by atoms with E-state index in [2.05, 4.69) is 4.98 Å². The Labute approximate surface area is 114 Å². The highest BCUT2D eigenvalue weighted by Gasteiger charge is 2.34. The van der Waals surface area contributed by atoms with Crippen molar-refractivity contribution in [3.05, 3.63) is 47.5 Å². The smallest absolute Gasteiger partial charge is 0.302 e. The Hall–Kier alpha value is -2.11. The summed E-state index contributed by atoms with van der Waals surface area (Å²) in [6.45, 7) is 3.62. The first-order valence-electron chi connectivity index (χ1n) is 6.05. The van der Waals surface area contributed by atoms with Gasteiger partial charge in [0, 0.05) is 12.1 Å². The molecule has 0 aliphatic rings. The summed E-state index contributed by atoms with van der Waals surface area (Å²) in [4.78, 5) is 14.9. The minimum atomic E-state index is -4.46. The Morgan fingerprint density at radius 3 is 2.45 bits per heavy atom. The van der Waals surface area contributed by atoms with Gasteiger partial charge in [-0.2, -0.15) is 13.2 Å². The first kappa shape index (κ1) is 14.3. The standard InChI is InChI=1S/C14H13F3N2O/c1-9(2)13-18-10(8-20)7-19(13)12-6-4-3-5-11(12)14(15,16)17/h3-9H,1-2H3. The summed E-state index contributed by atoms with van der Waals surface area (Å²) in [7, 11) is 0. The first-order chi connectivity index (χ1) is 9.34. The van der Waals surface area contributed by atoms with Crippen molar-refractivity contribution in [2.45, 2.75) is 25.9 Å². The Balaban J connectivity index is 2.68. The molecule has 0 aliphatic carbocycles. The van der Waals surface area contributed by atoms with Crippen LogP contribution < -0.4 is 0 Å². The minimum absolute atomic E-state index is 0.0238. The van der Waals surface area contributed by atoms with Gasteiger partial charge in [0.2, 0.25) is 0 Å². The van der Waals surface area contributed by atoms with Crippen LogP contribution in [0.3, 0.4) is 0 Å². The summed E-state index contributed by atoms with van der Waals surface area (Å²) >= 11 is 0. The van der Waals surface area contributed by atoms with Crippen LogP contribution in [0.25, 0.3) is 5.69 Å². The summed E-state index contributed by atoms with van der Waals surface area (Å²) in [6.07, 6.45) is -2.61. The molecule has 0 spiro atoms. The lowest BCUT2D eigenvalue weighted by molar-refractivity contribution is -0.137. The van der Waals surface area contributed by atoms with Crippen LogP contribution in [0.1, 0.15) is 41.6 Å². The van der Waals surface area contributed by atoms with Crippen LogP contribution in [0.4, 0.5) is 13.2 Å². The van der Waals surface area contributed by atoms with Gasteiger partial charge in [0.1, 0.15) is 11.5 Å². The number of hydrogen-bond acceptors (Lipinski definition) is 2. The van der Waals surface area contributed by atoms with Gasteiger partial charge in [-0.1, -0.05) is 26.0 Å². The third-order valence-electron chi connectivity index (χ3n) is 2.86. The van der Waals surface area contributed by atoms with Crippen molar-refractivity contribution in [2.75, 3.05) is 0 Å². The molecule has 1 aromatic heterocycles. The maximum atomic E-state index is 13.1. The highest BCUT2D eigenvalue weighted by molar-refractivity contribution is 5.71. The Kier molecular flexibility index (Phi) is 3.65. The van der Waals surface area contributed by atoms with E-state index in [1.54, 1.807) is 0 Å². The summed E-state index contributed by atoms with van der Waals surface area (Å²) in [5, 5.41) is 0. The molecule has 0 amide bonds. The van der Waals surface area contributed by atoms with Gasteiger partial charge in [0.05, 0.1) is 11.3 Å². The first-order valence-corrected chi connectivity index (χ1v) is 6.05. The second kappa shape index (κ2) is 5.11. The Bertz CT molecular complexity index is 630. The summed E-state index contributed by atoms with van der Waals surface area (Å²) in [5.41, 5.74) is -0.660. The molecular weight excluding hydrogens is 269 g/mol. The van der Waals surface area contributed by atoms with E-state index in [4.69, 9.17) is 0 Å². The van der Waals surface area contributed by atoms with Crippen molar-refractivity contribution >= 4 is 6.29 Å². The van der Waals surface area contributed by atoms with E-state index in [-0.39, 0.29) is 17.3 Å². The lowest BCUT2D eigenvalue weighted by Crippen LogP contribution is -2.12. The van der Waals surface area contributed by atoms with Crippen LogP contribution >= 0.6 is 0 Å². The zero-order valence-corrected chi connectivity index (χ0v) is 11.0. The largest absolute Gasteiger partial charge is 0.418 e. The number of imidazole rings is 1. The molecular formula is C14H13F3N2O. The van der Waals surface area contributed by atoms with Crippen LogP contribution in [0.2, 0.25) is 0 Å². The van der Waals surface area contributed by atoms with E-state index in [0.717, 1.165) is 6.07 Å². The van der Waals surface area contributed by atoms with Gasteiger partial charge in [0.25, 0.3) is 0 Å². The lowest BCUT2D eigenvalue weighted by atomic mass is 10.1. The van der Waals surface area contributed by atoms with Crippen LogP contribution in [0, 0.1) is 0 Å². The van der Waals surface area contributed by atoms with E-state index in [9.17, 15) is 18.0 Å². The van der Waals surface area contributed by atoms with Gasteiger partial charge >= 0.3 is 6.18 Å². The molecule has 0 saturated heterocycles. The number of alkyl halides is 3. The molecule has 0 aliphatic heterocycles. The zero-order chi connectivity index (χ0) is 14.9. The predicted molar refractivity (Wildman–Crippen MR) is 68.0 cm³/mol. The van der Waals surface area contributed by atoms with Crippen LogP contribution in [-0.4, -0.2) is 15.8 Å². The van der Waals surface area contributed by atoms with Crippen molar-refractivity contribution in [3.8, 4) is 5.69 Å². The highest BCUT2D eigenvalue weighted by atomic mass is 19.4. The van der Waals surface area contributed by atoms with Gasteiger partial charge in [-0.05, 0) is 12.1 Å². The topological polar surface area (TPSA) is 34.9 Å². The zero-order valence-electron chi connectivity index (χ0n) is 11.0. The maximum absolute atomic E-state index is 13.1. The van der Waals surface area contributed by atoms with Gasteiger partial charge in [-0.3, -0.25) is 4.79 Å². The maximum Gasteiger partial charge on any atom is 0.418 e. The molecule has 0 bridgehead atoms. The fourth-order valence-electron chi connectivity index (χ4n) is 1.99. The average molecular weight is 282 g/mol. The molecule has 0 N–H and O–H groups in total. The van der Waals surface area contributed by atoms with E-state index in [1.165, 1.54) is 29.0 Å². The fourth-order valence-corrected chi connectivity index (χ4v) is 1.99. The second-order valence-electron chi connectivity index (χ2n) is 4.68. The Morgan fingerprint density at radius 1 is 1.25 bits per heavy atom. The van der Waals surface area contributed by atoms with Crippen LogP contribution in [0.5, 0.6) is 0 Å². The van der Waals surface area contributed by atoms with E-state index in [1.807, 2.05) is 13.8 Å². The van der Waals surface area contributed by atoms with Gasteiger partial charge in [-0.15, -0.1) is 0 Å². The molecule has 0 radical (unpaired) electrons. The van der Waals surface area contributed by atoms with Crippen molar-refractivity contribution in [1.29, 1.82) is 0 Å². The third-order valence-corrected chi connectivity index (χ3v) is 2.86. The van der Waals surface area contributed by atoms with E-state index >= 15 is 0 Å². The number of hydrogen-bond donors (Lipinski definition) is 0. The SMILES string of the molecule is CC(C)c1nc(C=O)cn1-c1ccccc1C(F)(F)F. The number of benzene rings is 1. The number of carbonyl (C=O) groups is 1. The minimum Gasteiger partial charge on any atom is -0.302 e. The molecule has 1 heterocycles. The third kappa shape index (κ3) is 2.59. The number of aldehydes is 1. The average Bonchev–Trinajstić information content (AvgIpc) is 2.82. The highest BCUT2D eigenvalue weighted by Crippen LogP contribution is 2.34. The van der Waals surface area contributed by atoms with Crippen LogP contribution in [-0.2, 0) is 6.18 Å². The molecule has 3 nitrogen and oxygen atoms in total. The number of rotatable bonds is 3. The van der Waals surface area contributed by atoms with Crippen molar-refractivity contribution < 1.29 is 18.0 Å². The van der Waals surface area contributed by atoms with Crippen molar-refractivity contribution in [2.24, 2.45) is 0 Å². The van der Waals surface area contributed by atoms with Crippen molar-refractivity contribution in [1.82, 2.24) is 9.55 Å². The number of para-hydroxylation sites is 1. The summed E-state index contributed by atoms with van der Waals surface area (Å²) < 4.78 is 40.5. The predicted octanol–water partition coefficient (Wildman–Crippen LogP) is 3.83. The monoisotopic (exact) mass is 282 g/mol. The van der Waals surface area contributed by atoms with Crippen molar-refractivity contribution in [3.63, 3.8) is 0 Å². The molecule has 106 valence electrons. The van der Waals surface area contributed by atoms with Gasteiger partial charge < -0.3 is 4.57 Å².